The van der Waals surface area contributed by atoms with E-state index in [1.165, 1.54) is 0 Å². The summed E-state index contributed by atoms with van der Waals surface area (Å²) in [4.78, 5) is 29.3. The van der Waals surface area contributed by atoms with Crippen molar-refractivity contribution in [3.8, 4) is 11.5 Å². The van der Waals surface area contributed by atoms with Crippen LogP contribution in [0.1, 0.15) is 36.0 Å². The van der Waals surface area contributed by atoms with E-state index >= 15 is 0 Å². The molecule has 1 N–H and O–H groups in total. The van der Waals surface area contributed by atoms with Gasteiger partial charge in [0.2, 0.25) is 0 Å². The van der Waals surface area contributed by atoms with Crippen LogP contribution < -0.4 is 4.74 Å². The van der Waals surface area contributed by atoms with Crippen molar-refractivity contribution in [2.75, 3.05) is 13.1 Å². The Balaban J connectivity index is 1.59. The van der Waals surface area contributed by atoms with E-state index in [0.29, 0.717) is 30.0 Å². The van der Waals surface area contributed by atoms with Crippen LogP contribution in [0.3, 0.4) is 0 Å². The highest BCUT2D eigenvalue weighted by atomic mass is 16.5. The lowest BCUT2D eigenvalue weighted by molar-refractivity contribution is -0.137. The topological polar surface area (TPSA) is 79.7 Å². The van der Waals surface area contributed by atoms with Crippen molar-refractivity contribution in [2.24, 2.45) is 5.92 Å². The van der Waals surface area contributed by atoms with Gasteiger partial charge >= 0.3 is 5.97 Å². The van der Waals surface area contributed by atoms with Crippen molar-refractivity contribution in [3.63, 3.8) is 0 Å². The second kappa shape index (κ2) is 8.47. The number of aromatic nitrogens is 1. The van der Waals surface area contributed by atoms with E-state index in [4.69, 9.17) is 9.84 Å². The van der Waals surface area contributed by atoms with Crippen LogP contribution >= 0.6 is 0 Å². The minimum absolute atomic E-state index is 0.0158. The number of rotatable bonds is 6. The largest absolute Gasteiger partial charge is 0.481 e. The van der Waals surface area contributed by atoms with Gasteiger partial charge in [-0.25, -0.2) is 0 Å². The van der Waals surface area contributed by atoms with Gasteiger partial charge < -0.3 is 14.7 Å². The van der Waals surface area contributed by atoms with Crippen molar-refractivity contribution >= 4 is 11.9 Å². The number of carboxylic acids is 1. The lowest BCUT2D eigenvalue weighted by Gasteiger charge is -2.32. The molecule has 1 aromatic heterocycles. The van der Waals surface area contributed by atoms with E-state index in [1.807, 2.05) is 11.0 Å². The summed E-state index contributed by atoms with van der Waals surface area (Å²) < 4.78 is 5.69. The number of carboxylic acid groups (broad SMARTS) is 1. The van der Waals surface area contributed by atoms with Gasteiger partial charge in [0.05, 0.1) is 6.20 Å². The first-order valence-corrected chi connectivity index (χ1v) is 8.81. The summed E-state index contributed by atoms with van der Waals surface area (Å²) in [7, 11) is 0. The molecular formula is C20H22N2O4. The van der Waals surface area contributed by atoms with Crippen molar-refractivity contribution < 1.29 is 19.4 Å². The highest BCUT2D eigenvalue weighted by Gasteiger charge is 2.24. The zero-order chi connectivity index (χ0) is 18.4. The quantitative estimate of drug-likeness (QED) is 0.857. The van der Waals surface area contributed by atoms with Crippen LogP contribution in [0.2, 0.25) is 0 Å². The third-order valence-electron chi connectivity index (χ3n) is 4.54. The Morgan fingerprint density at radius 3 is 2.69 bits per heavy atom. The molecular weight excluding hydrogens is 332 g/mol. The smallest absolute Gasteiger partial charge is 0.303 e. The van der Waals surface area contributed by atoms with Crippen LogP contribution in [-0.4, -0.2) is 40.0 Å². The molecule has 1 unspecified atom stereocenters. The van der Waals surface area contributed by atoms with Gasteiger partial charge in [-0.1, -0.05) is 0 Å². The summed E-state index contributed by atoms with van der Waals surface area (Å²) in [5.74, 6) is 0.754. The molecule has 26 heavy (non-hydrogen) atoms. The molecule has 0 aliphatic carbocycles. The standard InChI is InChI=1S/C20H22N2O4/c23-19(24)10-5-15-3-2-12-22(14-15)20(25)16-6-8-17(9-7-16)26-18-4-1-11-21-13-18/h1,4,6-9,11,13,15H,2-3,5,10,12,14H2,(H,23,24). The number of hydrogen-bond donors (Lipinski definition) is 1. The maximum Gasteiger partial charge on any atom is 0.303 e. The number of ether oxygens (including phenoxy) is 1. The first-order valence-electron chi connectivity index (χ1n) is 8.81. The Kier molecular flexibility index (Phi) is 5.84. The fourth-order valence-corrected chi connectivity index (χ4v) is 3.20. The van der Waals surface area contributed by atoms with E-state index in [1.54, 1.807) is 42.7 Å². The number of hydrogen-bond acceptors (Lipinski definition) is 4. The van der Waals surface area contributed by atoms with E-state index < -0.39 is 5.97 Å². The fraction of sp³-hybridized carbons (Fsp3) is 0.350. The molecule has 2 aromatic rings. The summed E-state index contributed by atoms with van der Waals surface area (Å²) in [6, 6.07) is 10.7. The SMILES string of the molecule is O=C(O)CCC1CCCN(C(=O)c2ccc(Oc3cccnc3)cc2)C1. The van der Waals surface area contributed by atoms with Crippen LogP contribution in [0, 0.1) is 5.92 Å². The number of pyridine rings is 1. The Hall–Kier alpha value is -2.89. The maximum atomic E-state index is 12.7. The Morgan fingerprint density at radius 1 is 1.19 bits per heavy atom. The van der Waals surface area contributed by atoms with E-state index in [2.05, 4.69) is 4.98 Å². The molecule has 1 fully saturated rings. The number of benzene rings is 1. The molecule has 3 rings (SSSR count). The third-order valence-corrected chi connectivity index (χ3v) is 4.54. The molecule has 1 atom stereocenters. The Bertz CT molecular complexity index is 746. The van der Waals surface area contributed by atoms with Crippen LogP contribution in [0.5, 0.6) is 11.5 Å². The summed E-state index contributed by atoms with van der Waals surface area (Å²) in [6.07, 6.45) is 5.98. The first kappa shape index (κ1) is 17.9. The van der Waals surface area contributed by atoms with Crippen molar-refractivity contribution in [2.45, 2.75) is 25.7 Å². The summed E-state index contributed by atoms with van der Waals surface area (Å²) >= 11 is 0. The summed E-state index contributed by atoms with van der Waals surface area (Å²) in [5.41, 5.74) is 0.613. The highest BCUT2D eigenvalue weighted by Crippen LogP contribution is 2.24. The van der Waals surface area contributed by atoms with Gasteiger partial charge in [0.1, 0.15) is 11.5 Å². The van der Waals surface area contributed by atoms with Gasteiger partial charge in [0, 0.05) is 31.3 Å². The zero-order valence-electron chi connectivity index (χ0n) is 14.5. The predicted molar refractivity (Wildman–Crippen MR) is 96.3 cm³/mol. The molecule has 1 aliphatic rings. The van der Waals surface area contributed by atoms with Gasteiger partial charge in [0.25, 0.3) is 5.91 Å². The van der Waals surface area contributed by atoms with E-state index in [0.717, 1.165) is 19.4 Å². The van der Waals surface area contributed by atoms with Crippen molar-refractivity contribution in [1.29, 1.82) is 0 Å². The van der Waals surface area contributed by atoms with Crippen LogP contribution in [0.4, 0.5) is 0 Å². The summed E-state index contributed by atoms with van der Waals surface area (Å²) in [5, 5.41) is 8.83. The molecule has 136 valence electrons. The molecule has 1 saturated heterocycles. The van der Waals surface area contributed by atoms with Crippen LogP contribution in [0.25, 0.3) is 0 Å². The minimum atomic E-state index is -0.780. The van der Waals surface area contributed by atoms with Gasteiger partial charge in [-0.15, -0.1) is 0 Å². The fourth-order valence-electron chi connectivity index (χ4n) is 3.20. The number of aliphatic carboxylic acids is 1. The van der Waals surface area contributed by atoms with Gasteiger partial charge in [-0.05, 0) is 61.6 Å². The molecule has 1 amide bonds. The average Bonchev–Trinajstić information content (AvgIpc) is 2.67. The number of likely N-dealkylation sites (tertiary alicyclic amines) is 1. The molecule has 6 nitrogen and oxygen atoms in total. The molecule has 0 bridgehead atoms. The van der Waals surface area contributed by atoms with E-state index in [-0.39, 0.29) is 18.2 Å². The number of nitrogens with zero attached hydrogens (tertiary/aromatic N) is 2. The molecule has 2 heterocycles. The molecule has 1 aliphatic heterocycles. The minimum Gasteiger partial charge on any atom is -0.481 e. The van der Waals surface area contributed by atoms with Crippen LogP contribution in [0.15, 0.2) is 48.8 Å². The molecule has 0 spiro atoms. The average molecular weight is 354 g/mol. The summed E-state index contributed by atoms with van der Waals surface area (Å²) in [6.45, 7) is 1.34. The normalized spacial score (nSPS) is 16.9. The number of amides is 1. The number of carbonyl (C=O) groups is 2. The predicted octanol–water partition coefficient (Wildman–Crippen LogP) is 3.59. The zero-order valence-corrected chi connectivity index (χ0v) is 14.5. The lowest BCUT2D eigenvalue weighted by Crippen LogP contribution is -2.40. The second-order valence-corrected chi connectivity index (χ2v) is 6.51. The van der Waals surface area contributed by atoms with E-state index in [9.17, 15) is 9.59 Å². The lowest BCUT2D eigenvalue weighted by atomic mass is 9.93. The molecule has 0 radical (unpaired) electrons. The molecule has 0 saturated carbocycles. The number of piperidine rings is 1. The van der Waals surface area contributed by atoms with Crippen LogP contribution in [-0.2, 0) is 4.79 Å². The molecule has 6 heteroatoms. The van der Waals surface area contributed by atoms with Crippen molar-refractivity contribution in [1.82, 2.24) is 9.88 Å². The number of carbonyl (C=O) groups excluding carboxylic acids is 1. The first-order chi connectivity index (χ1) is 12.6. The Labute approximate surface area is 152 Å². The van der Waals surface area contributed by atoms with Gasteiger partial charge in [-0.3, -0.25) is 14.6 Å². The molecule has 1 aromatic carbocycles. The highest BCUT2D eigenvalue weighted by molar-refractivity contribution is 5.94. The third kappa shape index (κ3) is 4.81. The maximum absolute atomic E-state index is 12.7. The monoisotopic (exact) mass is 354 g/mol. The Morgan fingerprint density at radius 2 is 2.00 bits per heavy atom. The van der Waals surface area contributed by atoms with Gasteiger partial charge in [0.15, 0.2) is 0 Å². The van der Waals surface area contributed by atoms with Crippen molar-refractivity contribution in [3.05, 3.63) is 54.4 Å². The second-order valence-electron chi connectivity index (χ2n) is 6.51. The van der Waals surface area contributed by atoms with Gasteiger partial charge in [-0.2, -0.15) is 0 Å².